The first-order chi connectivity index (χ1) is 16.2. The van der Waals surface area contributed by atoms with Gasteiger partial charge in [0, 0.05) is 5.69 Å². The third kappa shape index (κ3) is 5.48. The van der Waals surface area contributed by atoms with Crippen LogP contribution in [0.4, 0.5) is 18.9 Å². The maximum absolute atomic E-state index is 13.1. The number of hydrogen-bond donors (Lipinski definition) is 1. The van der Waals surface area contributed by atoms with Crippen LogP contribution >= 0.6 is 0 Å². The lowest BCUT2D eigenvalue weighted by Crippen LogP contribution is -2.19. The van der Waals surface area contributed by atoms with Crippen LogP contribution in [-0.2, 0) is 6.61 Å². The first-order valence-electron chi connectivity index (χ1n) is 10.4. The SMILES string of the molecule is Cc1noc(C)c1COc1cc2ccccc2cc1C(=O)Nc1ccc(OCC(F)(F)F)cc1. The van der Waals surface area contributed by atoms with E-state index in [1.54, 1.807) is 19.1 Å². The van der Waals surface area contributed by atoms with Crippen LogP contribution in [-0.4, -0.2) is 23.8 Å². The summed E-state index contributed by atoms with van der Waals surface area (Å²) in [6.07, 6.45) is -4.43. The zero-order chi connectivity index (χ0) is 24.3. The van der Waals surface area contributed by atoms with Gasteiger partial charge in [0.25, 0.3) is 5.91 Å². The molecule has 4 rings (SSSR count). The van der Waals surface area contributed by atoms with Crippen molar-refractivity contribution < 1.29 is 32.0 Å². The number of aryl methyl sites for hydroxylation is 2. The van der Waals surface area contributed by atoms with Gasteiger partial charge in [-0.25, -0.2) is 0 Å². The first kappa shape index (κ1) is 23.2. The van der Waals surface area contributed by atoms with E-state index in [9.17, 15) is 18.0 Å². The highest BCUT2D eigenvalue weighted by Crippen LogP contribution is 2.29. The first-order valence-corrected chi connectivity index (χ1v) is 10.4. The number of rotatable bonds is 7. The molecule has 1 aromatic heterocycles. The Labute approximate surface area is 193 Å². The lowest BCUT2D eigenvalue weighted by atomic mass is 10.0. The summed E-state index contributed by atoms with van der Waals surface area (Å²) in [7, 11) is 0. The third-order valence-corrected chi connectivity index (χ3v) is 5.16. The molecule has 0 saturated carbocycles. The monoisotopic (exact) mass is 470 g/mol. The van der Waals surface area contributed by atoms with E-state index < -0.39 is 18.7 Å². The van der Waals surface area contributed by atoms with Crippen molar-refractivity contribution in [2.45, 2.75) is 26.6 Å². The quantitative estimate of drug-likeness (QED) is 0.347. The molecular formula is C25H21F3N2O4. The fourth-order valence-corrected chi connectivity index (χ4v) is 3.37. The number of amides is 1. The average Bonchev–Trinajstić information content (AvgIpc) is 3.13. The number of anilines is 1. The molecule has 0 saturated heterocycles. The molecule has 34 heavy (non-hydrogen) atoms. The summed E-state index contributed by atoms with van der Waals surface area (Å²) in [6, 6.07) is 16.7. The molecule has 6 nitrogen and oxygen atoms in total. The van der Waals surface area contributed by atoms with Crippen LogP contribution in [0.5, 0.6) is 11.5 Å². The zero-order valence-electron chi connectivity index (χ0n) is 18.4. The van der Waals surface area contributed by atoms with Gasteiger partial charge >= 0.3 is 6.18 Å². The van der Waals surface area contributed by atoms with Gasteiger partial charge in [0.15, 0.2) is 6.61 Å². The molecule has 0 aliphatic heterocycles. The minimum absolute atomic E-state index is 0.0458. The van der Waals surface area contributed by atoms with Gasteiger partial charge < -0.3 is 19.3 Å². The van der Waals surface area contributed by atoms with E-state index in [2.05, 4.69) is 10.5 Å². The Hall–Kier alpha value is -4.01. The molecule has 0 bridgehead atoms. The van der Waals surface area contributed by atoms with Crippen molar-refractivity contribution in [2.24, 2.45) is 0 Å². The van der Waals surface area contributed by atoms with Gasteiger partial charge in [-0.15, -0.1) is 0 Å². The second-order valence-corrected chi connectivity index (χ2v) is 7.67. The number of carbonyl (C=O) groups excluding carboxylic acids is 1. The highest BCUT2D eigenvalue weighted by Gasteiger charge is 2.28. The van der Waals surface area contributed by atoms with Gasteiger partial charge in [0.2, 0.25) is 0 Å². The summed E-state index contributed by atoms with van der Waals surface area (Å²) in [5, 5.41) is 8.43. The number of nitrogens with one attached hydrogen (secondary N) is 1. The number of nitrogens with zero attached hydrogens (tertiary/aromatic N) is 1. The number of fused-ring (bicyclic) bond motifs is 1. The van der Waals surface area contributed by atoms with Crippen molar-refractivity contribution in [1.29, 1.82) is 0 Å². The lowest BCUT2D eigenvalue weighted by molar-refractivity contribution is -0.153. The summed E-state index contributed by atoms with van der Waals surface area (Å²) in [5.41, 5.74) is 2.21. The van der Waals surface area contributed by atoms with Crippen LogP contribution in [0.25, 0.3) is 10.8 Å². The maximum Gasteiger partial charge on any atom is 0.422 e. The summed E-state index contributed by atoms with van der Waals surface area (Å²) < 4.78 is 52.8. The maximum atomic E-state index is 13.1. The van der Waals surface area contributed by atoms with Crippen molar-refractivity contribution in [2.75, 3.05) is 11.9 Å². The van der Waals surface area contributed by atoms with E-state index in [-0.39, 0.29) is 12.4 Å². The molecule has 0 unspecified atom stereocenters. The van der Waals surface area contributed by atoms with Gasteiger partial charge in [0.1, 0.15) is 23.9 Å². The summed E-state index contributed by atoms with van der Waals surface area (Å²) >= 11 is 0. The molecule has 0 spiro atoms. The molecule has 0 atom stereocenters. The standard InChI is InChI=1S/C25H21F3N2O4/c1-15-22(16(2)34-30-15)13-32-23-12-18-6-4-3-5-17(18)11-21(23)24(31)29-19-7-9-20(10-8-19)33-14-25(26,27)28/h3-12H,13-14H2,1-2H3,(H,29,31). The van der Waals surface area contributed by atoms with Gasteiger partial charge in [-0.05, 0) is 61.0 Å². The number of aromatic nitrogens is 1. The minimum Gasteiger partial charge on any atom is -0.488 e. The van der Waals surface area contributed by atoms with E-state index in [1.807, 2.05) is 31.2 Å². The van der Waals surface area contributed by atoms with E-state index in [1.165, 1.54) is 24.3 Å². The second kappa shape index (κ2) is 9.46. The van der Waals surface area contributed by atoms with Gasteiger partial charge in [-0.3, -0.25) is 4.79 Å². The fourth-order valence-electron chi connectivity index (χ4n) is 3.37. The Morgan fingerprint density at radius 1 is 1.00 bits per heavy atom. The topological polar surface area (TPSA) is 73.6 Å². The Kier molecular flexibility index (Phi) is 6.45. The van der Waals surface area contributed by atoms with E-state index in [0.717, 1.165) is 16.3 Å². The van der Waals surface area contributed by atoms with Crippen molar-refractivity contribution >= 4 is 22.4 Å². The number of halogens is 3. The number of ether oxygens (including phenoxy) is 2. The molecule has 0 aliphatic rings. The van der Waals surface area contributed by atoms with E-state index in [0.29, 0.717) is 28.5 Å². The molecule has 176 valence electrons. The summed E-state index contributed by atoms with van der Waals surface area (Å²) in [5.74, 6) is 0.631. The molecular weight excluding hydrogens is 449 g/mol. The van der Waals surface area contributed by atoms with Crippen LogP contribution in [0.2, 0.25) is 0 Å². The molecule has 0 fully saturated rings. The zero-order valence-corrected chi connectivity index (χ0v) is 18.4. The largest absolute Gasteiger partial charge is 0.488 e. The molecule has 0 radical (unpaired) electrons. The van der Waals surface area contributed by atoms with Gasteiger partial charge in [-0.1, -0.05) is 29.4 Å². The second-order valence-electron chi connectivity index (χ2n) is 7.67. The van der Waals surface area contributed by atoms with Gasteiger partial charge in [-0.2, -0.15) is 13.2 Å². The molecule has 1 N–H and O–H groups in total. The Balaban J connectivity index is 1.55. The Morgan fingerprint density at radius 2 is 1.68 bits per heavy atom. The van der Waals surface area contributed by atoms with Gasteiger partial charge in [0.05, 0.1) is 16.8 Å². The minimum atomic E-state index is -4.43. The highest BCUT2D eigenvalue weighted by atomic mass is 19.4. The van der Waals surface area contributed by atoms with Crippen LogP contribution < -0.4 is 14.8 Å². The molecule has 4 aromatic rings. The predicted molar refractivity (Wildman–Crippen MR) is 120 cm³/mol. The number of hydrogen-bond acceptors (Lipinski definition) is 5. The highest BCUT2D eigenvalue weighted by molar-refractivity contribution is 6.08. The lowest BCUT2D eigenvalue weighted by Gasteiger charge is -2.14. The van der Waals surface area contributed by atoms with Crippen molar-refractivity contribution in [3.63, 3.8) is 0 Å². The van der Waals surface area contributed by atoms with Crippen molar-refractivity contribution in [3.05, 3.63) is 83.2 Å². The number of benzene rings is 3. The fraction of sp³-hybridized carbons (Fsp3) is 0.200. The van der Waals surface area contributed by atoms with Crippen molar-refractivity contribution in [1.82, 2.24) is 5.16 Å². The van der Waals surface area contributed by atoms with Crippen LogP contribution in [0, 0.1) is 13.8 Å². The van der Waals surface area contributed by atoms with Crippen LogP contribution in [0.3, 0.4) is 0 Å². The molecule has 9 heteroatoms. The Morgan fingerprint density at radius 3 is 2.29 bits per heavy atom. The molecule has 0 aliphatic carbocycles. The van der Waals surface area contributed by atoms with Crippen LogP contribution in [0.15, 0.2) is 65.2 Å². The van der Waals surface area contributed by atoms with Crippen LogP contribution in [0.1, 0.15) is 27.4 Å². The smallest absolute Gasteiger partial charge is 0.422 e. The third-order valence-electron chi connectivity index (χ3n) is 5.16. The average molecular weight is 470 g/mol. The number of alkyl halides is 3. The number of carbonyl (C=O) groups is 1. The summed E-state index contributed by atoms with van der Waals surface area (Å²) in [6.45, 7) is 2.38. The molecule has 1 heterocycles. The molecule has 3 aromatic carbocycles. The predicted octanol–water partition coefficient (Wildman–Crippen LogP) is 6.22. The normalized spacial score (nSPS) is 11.4. The molecule has 1 amide bonds. The van der Waals surface area contributed by atoms with E-state index >= 15 is 0 Å². The van der Waals surface area contributed by atoms with Crippen molar-refractivity contribution in [3.8, 4) is 11.5 Å². The van der Waals surface area contributed by atoms with E-state index in [4.69, 9.17) is 14.0 Å². The summed E-state index contributed by atoms with van der Waals surface area (Å²) in [4.78, 5) is 13.1. The Bertz CT molecular complexity index is 1290.